The largest absolute Gasteiger partial charge is 0.355 e. The van der Waals surface area contributed by atoms with Crippen LogP contribution in [0.2, 0.25) is 0 Å². The predicted octanol–water partition coefficient (Wildman–Crippen LogP) is 1.34. The lowest BCUT2D eigenvalue weighted by molar-refractivity contribution is -0.137. The van der Waals surface area contributed by atoms with Gasteiger partial charge in [0.05, 0.1) is 23.9 Å². The number of piperidine rings is 1. The lowest BCUT2D eigenvalue weighted by Gasteiger charge is -2.33. The van der Waals surface area contributed by atoms with Gasteiger partial charge >= 0.3 is 0 Å². The van der Waals surface area contributed by atoms with E-state index in [1.165, 1.54) is 32.1 Å². The number of amides is 2. The van der Waals surface area contributed by atoms with Gasteiger partial charge in [-0.15, -0.1) is 5.10 Å². The third-order valence-corrected chi connectivity index (χ3v) is 6.64. The molecule has 0 spiro atoms. The Labute approximate surface area is 166 Å². The third-order valence-electron chi connectivity index (χ3n) is 6.64. The van der Waals surface area contributed by atoms with E-state index in [2.05, 4.69) is 33.8 Å². The van der Waals surface area contributed by atoms with E-state index >= 15 is 0 Å². The Kier molecular flexibility index (Phi) is 5.94. The first-order chi connectivity index (χ1) is 13.6. The normalized spacial score (nSPS) is 24.7. The van der Waals surface area contributed by atoms with E-state index in [0.29, 0.717) is 25.0 Å². The highest BCUT2D eigenvalue weighted by atomic mass is 16.2. The summed E-state index contributed by atoms with van der Waals surface area (Å²) in [5.41, 5.74) is 1.03. The van der Waals surface area contributed by atoms with Crippen LogP contribution in [0.25, 0.3) is 0 Å². The van der Waals surface area contributed by atoms with Gasteiger partial charge in [-0.3, -0.25) is 14.5 Å². The molecule has 0 unspecified atom stereocenters. The number of nitrogens with zero attached hydrogens (tertiary/aromatic N) is 5. The summed E-state index contributed by atoms with van der Waals surface area (Å²) >= 11 is 0. The molecule has 2 saturated heterocycles. The van der Waals surface area contributed by atoms with Gasteiger partial charge in [-0.25, -0.2) is 4.68 Å². The number of likely N-dealkylation sites (tertiary alicyclic amines) is 1. The van der Waals surface area contributed by atoms with Gasteiger partial charge in [0.25, 0.3) is 0 Å². The molecule has 154 valence electrons. The second-order valence-electron chi connectivity index (χ2n) is 8.66. The summed E-state index contributed by atoms with van der Waals surface area (Å²) in [6.45, 7) is 2.79. The Hall–Kier alpha value is -1.96. The maximum absolute atomic E-state index is 12.6. The molecule has 1 aromatic heterocycles. The summed E-state index contributed by atoms with van der Waals surface area (Å²) in [5, 5.41) is 11.5. The van der Waals surface area contributed by atoms with Gasteiger partial charge in [-0.05, 0) is 32.7 Å². The molecular weight excluding hydrogens is 356 g/mol. The van der Waals surface area contributed by atoms with Gasteiger partial charge < -0.3 is 10.2 Å². The average molecular weight is 389 g/mol. The van der Waals surface area contributed by atoms with Gasteiger partial charge in [0.15, 0.2) is 0 Å². The number of nitrogens with one attached hydrogen (secondary N) is 1. The number of hydrogen-bond acceptors (Lipinski definition) is 5. The highest BCUT2D eigenvalue weighted by molar-refractivity contribution is 5.89. The number of hydrogen-bond donors (Lipinski definition) is 1. The van der Waals surface area contributed by atoms with Crippen molar-refractivity contribution in [3.8, 4) is 0 Å². The molecule has 8 heteroatoms. The summed E-state index contributed by atoms with van der Waals surface area (Å²) < 4.78 is 1.99. The molecule has 4 rings (SSSR count). The van der Waals surface area contributed by atoms with E-state index in [4.69, 9.17) is 0 Å². The molecule has 3 heterocycles. The maximum Gasteiger partial charge on any atom is 0.227 e. The van der Waals surface area contributed by atoms with Crippen molar-refractivity contribution in [2.24, 2.45) is 5.92 Å². The van der Waals surface area contributed by atoms with Crippen molar-refractivity contribution in [3.63, 3.8) is 0 Å². The molecule has 1 aliphatic carbocycles. The van der Waals surface area contributed by atoms with Crippen LogP contribution in [0.3, 0.4) is 0 Å². The SMILES string of the molecule is CN(Cc1cn(C2CCN(C(=O)[C@H]3CNC(=O)C3)CC2)nn1)C1CCCCC1. The Morgan fingerprint density at radius 2 is 1.96 bits per heavy atom. The van der Waals surface area contributed by atoms with E-state index in [1.54, 1.807) is 0 Å². The first-order valence-electron chi connectivity index (χ1n) is 10.8. The lowest BCUT2D eigenvalue weighted by Crippen LogP contribution is -2.42. The van der Waals surface area contributed by atoms with Crippen LogP contribution in [-0.2, 0) is 16.1 Å². The van der Waals surface area contributed by atoms with Crippen molar-refractivity contribution in [2.45, 2.75) is 70.0 Å². The molecule has 0 radical (unpaired) electrons. The Balaban J connectivity index is 1.27. The molecule has 1 atom stereocenters. The second-order valence-corrected chi connectivity index (χ2v) is 8.66. The van der Waals surface area contributed by atoms with E-state index in [-0.39, 0.29) is 17.7 Å². The minimum atomic E-state index is -0.183. The van der Waals surface area contributed by atoms with Crippen molar-refractivity contribution < 1.29 is 9.59 Å². The van der Waals surface area contributed by atoms with Crippen molar-refractivity contribution in [2.75, 3.05) is 26.7 Å². The quantitative estimate of drug-likeness (QED) is 0.823. The third kappa shape index (κ3) is 4.37. The smallest absolute Gasteiger partial charge is 0.227 e. The molecule has 3 aliphatic rings. The summed E-state index contributed by atoms with van der Waals surface area (Å²) in [5.74, 6) is -0.0795. The minimum absolute atomic E-state index is 0.0124. The molecular formula is C20H32N6O2. The van der Waals surface area contributed by atoms with E-state index < -0.39 is 0 Å². The second kappa shape index (κ2) is 8.59. The first kappa shape index (κ1) is 19.4. The van der Waals surface area contributed by atoms with Crippen LogP contribution in [-0.4, -0.2) is 69.3 Å². The fourth-order valence-electron chi connectivity index (χ4n) is 4.86. The molecule has 1 aromatic rings. The zero-order valence-corrected chi connectivity index (χ0v) is 16.8. The number of aromatic nitrogens is 3. The fourth-order valence-corrected chi connectivity index (χ4v) is 4.86. The molecule has 3 fully saturated rings. The molecule has 1 N–H and O–H groups in total. The molecule has 1 saturated carbocycles. The van der Waals surface area contributed by atoms with Gasteiger partial charge in [0.2, 0.25) is 11.8 Å². The van der Waals surface area contributed by atoms with Crippen LogP contribution >= 0.6 is 0 Å². The molecule has 8 nitrogen and oxygen atoms in total. The maximum atomic E-state index is 12.6. The van der Waals surface area contributed by atoms with E-state index in [9.17, 15) is 9.59 Å². The van der Waals surface area contributed by atoms with Gasteiger partial charge in [-0.2, -0.15) is 0 Å². The Morgan fingerprint density at radius 3 is 2.64 bits per heavy atom. The number of carbonyl (C=O) groups is 2. The molecule has 2 amide bonds. The van der Waals surface area contributed by atoms with Crippen LogP contribution in [0, 0.1) is 5.92 Å². The zero-order chi connectivity index (χ0) is 19.5. The first-order valence-corrected chi connectivity index (χ1v) is 10.8. The summed E-state index contributed by atoms with van der Waals surface area (Å²) in [4.78, 5) is 28.2. The van der Waals surface area contributed by atoms with Crippen LogP contribution in [0.5, 0.6) is 0 Å². The molecule has 0 aromatic carbocycles. The highest BCUT2D eigenvalue weighted by Crippen LogP contribution is 2.25. The Bertz CT molecular complexity index is 691. The monoisotopic (exact) mass is 388 g/mol. The van der Waals surface area contributed by atoms with Crippen molar-refractivity contribution >= 4 is 11.8 Å². The average Bonchev–Trinajstić information content (AvgIpc) is 3.37. The van der Waals surface area contributed by atoms with Crippen molar-refractivity contribution in [1.82, 2.24) is 30.1 Å². The summed E-state index contributed by atoms with van der Waals surface area (Å²) in [6.07, 6.45) is 10.8. The van der Waals surface area contributed by atoms with Gasteiger partial charge in [-0.1, -0.05) is 24.5 Å². The summed E-state index contributed by atoms with van der Waals surface area (Å²) in [7, 11) is 2.20. The van der Waals surface area contributed by atoms with Gasteiger partial charge in [0.1, 0.15) is 0 Å². The molecule has 0 bridgehead atoms. The lowest BCUT2D eigenvalue weighted by atomic mass is 9.94. The van der Waals surface area contributed by atoms with E-state index in [0.717, 1.165) is 38.2 Å². The fraction of sp³-hybridized carbons (Fsp3) is 0.800. The topological polar surface area (TPSA) is 83.4 Å². The Morgan fingerprint density at radius 1 is 1.21 bits per heavy atom. The molecule has 2 aliphatic heterocycles. The van der Waals surface area contributed by atoms with E-state index in [1.807, 2.05) is 9.58 Å². The highest BCUT2D eigenvalue weighted by Gasteiger charge is 2.33. The minimum Gasteiger partial charge on any atom is -0.355 e. The van der Waals surface area contributed by atoms with Gasteiger partial charge in [0, 0.05) is 38.6 Å². The van der Waals surface area contributed by atoms with Crippen molar-refractivity contribution in [3.05, 3.63) is 11.9 Å². The standard InChI is InChI=1S/C20H32N6O2/c1-24(17-5-3-2-4-6-17)13-16-14-26(23-22-16)18-7-9-25(10-8-18)20(28)15-11-19(27)21-12-15/h14-15,17-18H,2-13H2,1H3,(H,21,27)/t15-/m1/s1. The zero-order valence-electron chi connectivity index (χ0n) is 16.8. The predicted molar refractivity (Wildman–Crippen MR) is 104 cm³/mol. The van der Waals surface area contributed by atoms with Crippen molar-refractivity contribution in [1.29, 1.82) is 0 Å². The van der Waals surface area contributed by atoms with Crippen LogP contribution in [0.15, 0.2) is 6.20 Å². The molecule has 28 heavy (non-hydrogen) atoms. The van der Waals surface area contributed by atoms with Crippen LogP contribution < -0.4 is 5.32 Å². The number of rotatable bonds is 5. The van der Waals surface area contributed by atoms with Crippen LogP contribution in [0.1, 0.15) is 63.1 Å². The van der Waals surface area contributed by atoms with Crippen LogP contribution in [0.4, 0.5) is 0 Å². The summed E-state index contributed by atoms with van der Waals surface area (Å²) in [6, 6.07) is 0.971. The number of carbonyl (C=O) groups excluding carboxylic acids is 2.